The van der Waals surface area contributed by atoms with Crippen molar-refractivity contribution in [1.82, 2.24) is 9.97 Å². The lowest BCUT2D eigenvalue weighted by atomic mass is 10.2. The van der Waals surface area contributed by atoms with Crippen LogP contribution in [-0.2, 0) is 4.74 Å². The predicted octanol–water partition coefficient (Wildman–Crippen LogP) is 1.07. The number of ether oxygens (including phenoxy) is 2. The fraction of sp³-hybridized carbons (Fsp3) is 0.273. The number of nitrogens with zero attached hydrogens (tertiary/aromatic N) is 2. The molecule has 0 fully saturated rings. The second-order valence-corrected chi connectivity index (χ2v) is 3.37. The largest absolute Gasteiger partial charge is 0.493 e. The van der Waals surface area contributed by atoms with Crippen LogP contribution in [0, 0.1) is 0 Å². The molecule has 0 saturated carbocycles. The number of fused-ring (bicyclic) bond motifs is 1. The lowest BCUT2D eigenvalue weighted by Gasteiger charge is -2.06. The number of benzene rings is 1. The van der Waals surface area contributed by atoms with Crippen LogP contribution in [0.5, 0.6) is 17.6 Å². The lowest BCUT2D eigenvalue weighted by molar-refractivity contribution is 0.146. The molecule has 0 aliphatic heterocycles. The summed E-state index contributed by atoms with van der Waals surface area (Å²) in [6.07, 6.45) is 0. The topological polar surface area (TPSA) is 84.7 Å². The highest BCUT2D eigenvalue weighted by molar-refractivity contribution is 5.84. The van der Waals surface area contributed by atoms with Crippen LogP contribution in [0.25, 0.3) is 10.9 Å². The molecule has 2 N–H and O–H groups in total. The van der Waals surface area contributed by atoms with Crippen LogP contribution in [0.15, 0.2) is 18.2 Å². The maximum absolute atomic E-state index is 9.49. The molecule has 2 rings (SSSR count). The average Bonchev–Trinajstić information content (AvgIpc) is 2.28. The van der Waals surface area contributed by atoms with Crippen molar-refractivity contribution in [3.63, 3.8) is 0 Å². The zero-order chi connectivity index (χ0) is 12.3. The summed E-state index contributed by atoms with van der Waals surface area (Å²) < 4.78 is 10.2. The molecule has 2 aromatic rings. The highest BCUT2D eigenvalue weighted by Crippen LogP contribution is 2.26. The first-order chi connectivity index (χ1) is 8.20. The summed E-state index contributed by atoms with van der Waals surface area (Å²) >= 11 is 0. The Kier molecular flexibility index (Phi) is 3.24. The summed E-state index contributed by atoms with van der Waals surface area (Å²) in [7, 11) is 1.59. The predicted molar refractivity (Wildman–Crippen MR) is 60.2 cm³/mol. The summed E-state index contributed by atoms with van der Waals surface area (Å²) in [6.45, 7) is 0.906. The van der Waals surface area contributed by atoms with Gasteiger partial charge in [0, 0.05) is 13.2 Å². The minimum Gasteiger partial charge on any atom is -0.493 e. The molecule has 0 bridgehead atoms. The standard InChI is InChI=1S/C11H12N2O4/c1-16-4-5-17-7-2-3-8-9(6-7)12-11(15)13-10(8)14/h2-3,6H,4-5H2,1H3,(H2,12,13,14,15). The molecule has 1 heterocycles. The maximum atomic E-state index is 9.49. The van der Waals surface area contributed by atoms with Crippen LogP contribution in [0.2, 0.25) is 0 Å². The fourth-order valence-corrected chi connectivity index (χ4v) is 1.41. The molecular weight excluding hydrogens is 224 g/mol. The zero-order valence-corrected chi connectivity index (χ0v) is 9.25. The van der Waals surface area contributed by atoms with Gasteiger partial charge in [0.1, 0.15) is 12.4 Å². The van der Waals surface area contributed by atoms with E-state index in [1.54, 1.807) is 25.3 Å². The Balaban J connectivity index is 2.30. The minimum atomic E-state index is -0.468. The molecule has 0 aliphatic rings. The molecule has 0 aliphatic carbocycles. The van der Waals surface area contributed by atoms with Crippen LogP contribution in [0.3, 0.4) is 0 Å². The third-order valence-corrected chi connectivity index (χ3v) is 2.19. The van der Waals surface area contributed by atoms with Gasteiger partial charge >= 0.3 is 6.01 Å². The number of hydrogen-bond donors (Lipinski definition) is 2. The summed E-state index contributed by atoms with van der Waals surface area (Å²) in [5.41, 5.74) is 0.421. The molecule has 1 aromatic heterocycles. The normalized spacial score (nSPS) is 10.6. The molecule has 1 aromatic carbocycles. The number of aromatic nitrogens is 2. The molecule has 6 nitrogen and oxygen atoms in total. The lowest BCUT2D eigenvalue weighted by Crippen LogP contribution is -2.04. The number of rotatable bonds is 4. The van der Waals surface area contributed by atoms with E-state index in [9.17, 15) is 10.2 Å². The van der Waals surface area contributed by atoms with Crippen molar-refractivity contribution >= 4 is 10.9 Å². The zero-order valence-electron chi connectivity index (χ0n) is 9.25. The molecule has 0 unspecified atom stereocenters. The van der Waals surface area contributed by atoms with Gasteiger partial charge in [-0.3, -0.25) is 0 Å². The van der Waals surface area contributed by atoms with Crippen LogP contribution < -0.4 is 4.74 Å². The van der Waals surface area contributed by atoms with Gasteiger partial charge < -0.3 is 19.7 Å². The summed E-state index contributed by atoms with van der Waals surface area (Å²) in [4.78, 5) is 7.24. The minimum absolute atomic E-state index is 0.254. The van der Waals surface area contributed by atoms with Crippen molar-refractivity contribution in [2.24, 2.45) is 0 Å². The van der Waals surface area contributed by atoms with Gasteiger partial charge in [-0.25, -0.2) is 0 Å². The Hall–Kier alpha value is -2.08. The molecule has 0 atom stereocenters. The molecular formula is C11H12N2O4. The van der Waals surface area contributed by atoms with E-state index < -0.39 is 6.01 Å². The maximum Gasteiger partial charge on any atom is 0.317 e. The molecule has 0 spiro atoms. The highest BCUT2D eigenvalue weighted by atomic mass is 16.5. The Morgan fingerprint density at radius 2 is 2.00 bits per heavy atom. The SMILES string of the molecule is COCCOc1ccc2c(O)nc(O)nc2c1. The third kappa shape index (κ3) is 2.54. The summed E-state index contributed by atoms with van der Waals surface area (Å²) in [5, 5.41) is 19.1. The van der Waals surface area contributed by atoms with E-state index in [2.05, 4.69) is 9.97 Å². The first-order valence-electron chi connectivity index (χ1n) is 5.02. The average molecular weight is 236 g/mol. The van der Waals surface area contributed by atoms with E-state index in [4.69, 9.17) is 9.47 Å². The Morgan fingerprint density at radius 3 is 2.76 bits per heavy atom. The van der Waals surface area contributed by atoms with Crippen LogP contribution in [0.4, 0.5) is 0 Å². The highest BCUT2D eigenvalue weighted by Gasteiger charge is 2.06. The first kappa shape index (κ1) is 11.4. The summed E-state index contributed by atoms with van der Waals surface area (Å²) in [6, 6.07) is 4.47. The molecule has 0 amide bonds. The van der Waals surface area contributed by atoms with Gasteiger partial charge in [0.2, 0.25) is 5.88 Å². The molecule has 0 saturated heterocycles. The van der Waals surface area contributed by atoms with Gasteiger partial charge in [-0.15, -0.1) is 0 Å². The van der Waals surface area contributed by atoms with Crippen molar-refractivity contribution in [2.75, 3.05) is 20.3 Å². The van der Waals surface area contributed by atoms with E-state index in [-0.39, 0.29) is 5.88 Å². The summed E-state index contributed by atoms with van der Waals surface area (Å²) in [5.74, 6) is 0.336. The number of methoxy groups -OCH3 is 1. The van der Waals surface area contributed by atoms with Crippen LogP contribution >= 0.6 is 0 Å². The van der Waals surface area contributed by atoms with Crippen molar-refractivity contribution < 1.29 is 19.7 Å². The Bertz CT molecular complexity index is 530. The monoisotopic (exact) mass is 236 g/mol. The van der Waals surface area contributed by atoms with E-state index in [0.29, 0.717) is 29.9 Å². The molecule has 0 radical (unpaired) electrons. The molecule has 90 valence electrons. The Morgan fingerprint density at radius 1 is 1.18 bits per heavy atom. The van der Waals surface area contributed by atoms with Gasteiger partial charge in [-0.05, 0) is 12.1 Å². The smallest absolute Gasteiger partial charge is 0.317 e. The van der Waals surface area contributed by atoms with Gasteiger partial charge in [-0.2, -0.15) is 9.97 Å². The first-order valence-corrected chi connectivity index (χ1v) is 5.02. The molecule has 6 heteroatoms. The number of aromatic hydroxyl groups is 2. The van der Waals surface area contributed by atoms with E-state index in [0.717, 1.165) is 0 Å². The quantitative estimate of drug-likeness (QED) is 0.772. The van der Waals surface area contributed by atoms with E-state index >= 15 is 0 Å². The van der Waals surface area contributed by atoms with E-state index in [1.807, 2.05) is 0 Å². The van der Waals surface area contributed by atoms with Gasteiger partial charge in [0.15, 0.2) is 0 Å². The van der Waals surface area contributed by atoms with Gasteiger partial charge in [-0.1, -0.05) is 0 Å². The molecule has 17 heavy (non-hydrogen) atoms. The van der Waals surface area contributed by atoms with Crippen molar-refractivity contribution in [1.29, 1.82) is 0 Å². The van der Waals surface area contributed by atoms with Crippen molar-refractivity contribution in [2.45, 2.75) is 0 Å². The van der Waals surface area contributed by atoms with Gasteiger partial charge in [0.25, 0.3) is 0 Å². The number of hydrogen-bond acceptors (Lipinski definition) is 6. The van der Waals surface area contributed by atoms with E-state index in [1.165, 1.54) is 0 Å². The second kappa shape index (κ2) is 4.84. The Labute approximate surface area is 97.5 Å². The van der Waals surface area contributed by atoms with Crippen LogP contribution in [0.1, 0.15) is 0 Å². The van der Waals surface area contributed by atoms with Crippen molar-refractivity contribution in [3.8, 4) is 17.6 Å². The third-order valence-electron chi connectivity index (χ3n) is 2.19. The van der Waals surface area contributed by atoms with Crippen molar-refractivity contribution in [3.05, 3.63) is 18.2 Å². The van der Waals surface area contributed by atoms with Crippen LogP contribution in [-0.4, -0.2) is 40.5 Å². The van der Waals surface area contributed by atoms with Gasteiger partial charge in [0.05, 0.1) is 17.5 Å². The second-order valence-electron chi connectivity index (χ2n) is 3.37. The fourth-order valence-electron chi connectivity index (χ4n) is 1.41.